The second-order valence-electron chi connectivity index (χ2n) is 6.16. The Morgan fingerprint density at radius 2 is 1.76 bits per heavy atom. The third kappa shape index (κ3) is 3.22. The Labute approximate surface area is 146 Å². The smallest absolute Gasteiger partial charge is 0.211 e. The van der Waals surface area contributed by atoms with Crippen LogP contribution in [-0.2, 0) is 10.0 Å². The number of hydrogen-bond donors (Lipinski definition) is 1. The van der Waals surface area contributed by atoms with Crippen LogP contribution in [0.25, 0.3) is 22.4 Å². The fourth-order valence-corrected chi connectivity index (χ4v) is 3.92. The molecule has 0 radical (unpaired) electrons. The first-order chi connectivity index (χ1) is 12.0. The molecule has 7 nitrogen and oxygen atoms in total. The lowest BCUT2D eigenvalue weighted by Crippen LogP contribution is -2.48. The van der Waals surface area contributed by atoms with E-state index in [0.717, 1.165) is 28.1 Å². The highest BCUT2D eigenvalue weighted by Gasteiger charge is 2.23. The average molecular weight is 357 g/mol. The predicted molar refractivity (Wildman–Crippen MR) is 98.0 cm³/mol. The number of benzene rings is 1. The van der Waals surface area contributed by atoms with Crippen molar-refractivity contribution in [2.24, 2.45) is 0 Å². The molecule has 0 aliphatic carbocycles. The Morgan fingerprint density at radius 3 is 2.44 bits per heavy atom. The molecule has 1 N–H and O–H groups in total. The topological polar surface area (TPSA) is 82.2 Å². The minimum atomic E-state index is -3.10. The zero-order valence-electron chi connectivity index (χ0n) is 13.9. The summed E-state index contributed by atoms with van der Waals surface area (Å²) in [5.74, 6) is 0. The first-order valence-corrected chi connectivity index (χ1v) is 9.96. The van der Waals surface area contributed by atoms with Crippen LogP contribution in [0.5, 0.6) is 0 Å². The van der Waals surface area contributed by atoms with Gasteiger partial charge in [0.2, 0.25) is 10.0 Å². The van der Waals surface area contributed by atoms with Crippen LogP contribution in [0.15, 0.2) is 42.7 Å². The third-order valence-electron chi connectivity index (χ3n) is 4.50. The first kappa shape index (κ1) is 16.0. The molecule has 0 atom stereocenters. The van der Waals surface area contributed by atoms with Crippen molar-refractivity contribution in [3.05, 3.63) is 42.7 Å². The summed E-state index contributed by atoms with van der Waals surface area (Å²) in [4.78, 5) is 14.2. The number of fused-ring (bicyclic) bond motifs is 1. The summed E-state index contributed by atoms with van der Waals surface area (Å²) >= 11 is 0. The van der Waals surface area contributed by atoms with E-state index in [9.17, 15) is 8.42 Å². The average Bonchev–Trinajstić information content (AvgIpc) is 3.09. The third-order valence-corrected chi connectivity index (χ3v) is 5.80. The summed E-state index contributed by atoms with van der Waals surface area (Å²) in [5.41, 5.74) is 4.56. The van der Waals surface area contributed by atoms with Crippen LogP contribution in [0.3, 0.4) is 0 Å². The van der Waals surface area contributed by atoms with E-state index in [4.69, 9.17) is 0 Å². The van der Waals surface area contributed by atoms with E-state index in [2.05, 4.69) is 32.0 Å². The Morgan fingerprint density at radius 1 is 1.04 bits per heavy atom. The normalized spacial score (nSPS) is 16.4. The molecule has 1 fully saturated rings. The molecule has 8 heteroatoms. The highest BCUT2D eigenvalue weighted by molar-refractivity contribution is 7.88. The number of H-pyrrole nitrogens is 1. The number of anilines is 1. The number of hydrogen-bond acceptors (Lipinski definition) is 5. The quantitative estimate of drug-likeness (QED) is 0.772. The Kier molecular flexibility index (Phi) is 3.93. The van der Waals surface area contributed by atoms with Crippen LogP contribution >= 0.6 is 0 Å². The highest BCUT2D eigenvalue weighted by atomic mass is 32.2. The molecule has 25 heavy (non-hydrogen) atoms. The molecular weight excluding hydrogens is 338 g/mol. The van der Waals surface area contributed by atoms with E-state index in [1.165, 1.54) is 10.6 Å². The molecule has 1 aliphatic rings. The van der Waals surface area contributed by atoms with Crippen molar-refractivity contribution >= 4 is 26.9 Å². The molecule has 130 valence electrons. The van der Waals surface area contributed by atoms with Gasteiger partial charge in [0.25, 0.3) is 0 Å². The Bertz CT molecular complexity index is 989. The summed E-state index contributed by atoms with van der Waals surface area (Å²) < 4.78 is 24.7. The van der Waals surface area contributed by atoms with Crippen LogP contribution in [0.1, 0.15) is 0 Å². The molecule has 1 aliphatic heterocycles. The van der Waals surface area contributed by atoms with E-state index in [1.54, 1.807) is 6.20 Å². The molecule has 0 amide bonds. The van der Waals surface area contributed by atoms with Gasteiger partial charge in [0.15, 0.2) is 5.65 Å². The molecule has 4 rings (SSSR count). The number of piperazine rings is 1. The van der Waals surface area contributed by atoms with Gasteiger partial charge >= 0.3 is 0 Å². The van der Waals surface area contributed by atoms with E-state index < -0.39 is 10.0 Å². The van der Waals surface area contributed by atoms with Crippen molar-refractivity contribution in [2.75, 3.05) is 37.3 Å². The van der Waals surface area contributed by atoms with Gasteiger partial charge < -0.3 is 9.88 Å². The zero-order valence-corrected chi connectivity index (χ0v) is 14.7. The summed E-state index contributed by atoms with van der Waals surface area (Å²) in [6, 6.07) is 10.1. The lowest BCUT2D eigenvalue weighted by Gasteiger charge is -2.34. The van der Waals surface area contributed by atoms with E-state index in [1.807, 2.05) is 24.4 Å². The Balaban J connectivity index is 1.50. The van der Waals surface area contributed by atoms with Gasteiger partial charge in [-0.1, -0.05) is 12.1 Å². The van der Waals surface area contributed by atoms with Crippen LogP contribution in [0.2, 0.25) is 0 Å². The van der Waals surface area contributed by atoms with Crippen LogP contribution < -0.4 is 4.90 Å². The molecule has 0 spiro atoms. The number of nitrogens with zero attached hydrogens (tertiary/aromatic N) is 4. The van der Waals surface area contributed by atoms with Gasteiger partial charge in [-0.05, 0) is 18.2 Å². The van der Waals surface area contributed by atoms with Crippen molar-refractivity contribution < 1.29 is 8.42 Å². The predicted octanol–water partition coefficient (Wildman–Crippen LogP) is 1.71. The van der Waals surface area contributed by atoms with Crippen molar-refractivity contribution in [1.82, 2.24) is 19.3 Å². The summed E-state index contributed by atoms with van der Waals surface area (Å²) in [6.07, 6.45) is 4.85. The standard InChI is InChI=1S/C17H19N5O2S/c1-25(23,24)22-10-8-21(9-11-22)14-4-2-13(3-5-14)16-12-19-17-15(20-16)6-7-18-17/h2-7,12H,8-11H2,1H3,(H,18,19). The van der Waals surface area contributed by atoms with Gasteiger partial charge in [0, 0.05) is 43.6 Å². The molecule has 2 aromatic heterocycles. The van der Waals surface area contributed by atoms with Crippen molar-refractivity contribution in [3.8, 4) is 11.3 Å². The van der Waals surface area contributed by atoms with Gasteiger partial charge in [0.1, 0.15) is 5.52 Å². The maximum absolute atomic E-state index is 11.6. The first-order valence-electron chi connectivity index (χ1n) is 8.11. The SMILES string of the molecule is CS(=O)(=O)N1CCN(c2ccc(-c3cnc4[nH]ccc4n3)cc2)CC1. The van der Waals surface area contributed by atoms with Gasteiger partial charge in [-0.3, -0.25) is 0 Å². The zero-order chi connectivity index (χ0) is 17.4. The maximum atomic E-state index is 11.6. The van der Waals surface area contributed by atoms with Crippen LogP contribution in [-0.4, -0.2) is 60.1 Å². The largest absolute Gasteiger partial charge is 0.369 e. The van der Waals surface area contributed by atoms with Crippen molar-refractivity contribution in [3.63, 3.8) is 0 Å². The number of aromatic amines is 1. The molecule has 0 saturated carbocycles. The van der Waals surface area contributed by atoms with Gasteiger partial charge in [0.05, 0.1) is 18.1 Å². The number of nitrogens with one attached hydrogen (secondary N) is 1. The van der Waals surface area contributed by atoms with Gasteiger partial charge in [-0.15, -0.1) is 0 Å². The van der Waals surface area contributed by atoms with E-state index in [-0.39, 0.29) is 0 Å². The van der Waals surface area contributed by atoms with E-state index >= 15 is 0 Å². The summed E-state index contributed by atoms with van der Waals surface area (Å²) in [5, 5.41) is 0. The monoisotopic (exact) mass is 357 g/mol. The molecule has 1 saturated heterocycles. The molecule has 1 aromatic carbocycles. The summed E-state index contributed by atoms with van der Waals surface area (Å²) in [7, 11) is -3.10. The van der Waals surface area contributed by atoms with Gasteiger partial charge in [-0.2, -0.15) is 4.31 Å². The molecule has 3 heterocycles. The fraction of sp³-hybridized carbons (Fsp3) is 0.294. The number of sulfonamides is 1. The maximum Gasteiger partial charge on any atom is 0.211 e. The fourth-order valence-electron chi connectivity index (χ4n) is 3.09. The second-order valence-corrected chi connectivity index (χ2v) is 8.15. The molecule has 0 unspecified atom stereocenters. The van der Waals surface area contributed by atoms with E-state index in [0.29, 0.717) is 26.2 Å². The van der Waals surface area contributed by atoms with Gasteiger partial charge in [-0.25, -0.2) is 18.4 Å². The second kappa shape index (κ2) is 6.12. The minimum absolute atomic E-state index is 0.524. The lowest BCUT2D eigenvalue weighted by molar-refractivity contribution is 0.388. The van der Waals surface area contributed by atoms with Crippen molar-refractivity contribution in [1.29, 1.82) is 0 Å². The molecule has 3 aromatic rings. The highest BCUT2D eigenvalue weighted by Crippen LogP contribution is 2.23. The molecule has 0 bridgehead atoms. The van der Waals surface area contributed by atoms with Crippen LogP contribution in [0.4, 0.5) is 5.69 Å². The lowest BCUT2D eigenvalue weighted by atomic mass is 10.1. The number of rotatable bonds is 3. The Hall–Kier alpha value is -2.45. The minimum Gasteiger partial charge on any atom is -0.369 e. The number of aromatic nitrogens is 3. The van der Waals surface area contributed by atoms with Crippen LogP contribution in [0, 0.1) is 0 Å². The molecular formula is C17H19N5O2S. The van der Waals surface area contributed by atoms with Crippen molar-refractivity contribution in [2.45, 2.75) is 0 Å². The summed E-state index contributed by atoms with van der Waals surface area (Å²) in [6.45, 7) is 2.44.